The fourth-order valence-corrected chi connectivity index (χ4v) is 1.46. The molecule has 0 aliphatic rings. The number of carboxylic acids is 1. The molecule has 7 nitrogen and oxygen atoms in total. The van der Waals surface area contributed by atoms with Gasteiger partial charge < -0.3 is 10.2 Å². The number of rotatable bonds is 3. The van der Waals surface area contributed by atoms with Gasteiger partial charge in [0.2, 0.25) is 5.39 Å². The molecule has 0 heterocycles. The molecule has 0 aliphatic heterocycles. The average molecular weight is 269 g/mol. The van der Waals surface area contributed by atoms with E-state index >= 15 is 0 Å². The normalized spacial score (nSPS) is 10.3. The number of hydrogen-bond donors (Lipinski definition) is 2. The summed E-state index contributed by atoms with van der Waals surface area (Å²) in [5.74, 6) is -1.57. The molecule has 2 rings (SSSR count). The molecule has 0 radical (unpaired) electrons. The van der Waals surface area contributed by atoms with Crippen molar-refractivity contribution in [3.05, 3.63) is 53.0 Å². The van der Waals surface area contributed by atoms with E-state index in [1.807, 2.05) is 0 Å². The first-order valence-electron chi connectivity index (χ1n) is 5.53. The zero-order valence-corrected chi connectivity index (χ0v) is 10.1. The maximum atomic E-state index is 10.9. The van der Waals surface area contributed by atoms with Gasteiger partial charge >= 0.3 is 11.7 Å². The lowest BCUT2D eigenvalue weighted by Crippen LogP contribution is -1.95. The van der Waals surface area contributed by atoms with Gasteiger partial charge in [-0.3, -0.25) is 0 Å². The second-order valence-electron chi connectivity index (χ2n) is 3.82. The van der Waals surface area contributed by atoms with E-state index in [1.54, 1.807) is 24.3 Å². The van der Waals surface area contributed by atoms with Gasteiger partial charge in [0.15, 0.2) is 4.98 Å². The standard InChI is InChI=1S/C13H8N4O3/c14-15-8-1-3-9(4-2-8)16-17-10-5-6-12(18)11(7-10)13(19)20/h1-7H,(H-,16,18,19,20)/p+1. The van der Waals surface area contributed by atoms with Gasteiger partial charge in [0.1, 0.15) is 11.3 Å². The maximum absolute atomic E-state index is 10.9. The van der Waals surface area contributed by atoms with Crippen molar-refractivity contribution < 1.29 is 15.0 Å². The second kappa shape index (κ2) is 5.58. The van der Waals surface area contributed by atoms with Crippen LogP contribution in [0.4, 0.5) is 17.1 Å². The summed E-state index contributed by atoms with van der Waals surface area (Å²) in [5, 5.41) is 34.5. The molecule has 0 spiro atoms. The molecule has 0 aromatic heterocycles. The van der Waals surface area contributed by atoms with Gasteiger partial charge in [-0.05, 0) is 30.3 Å². The highest BCUT2D eigenvalue weighted by atomic mass is 16.4. The summed E-state index contributed by atoms with van der Waals surface area (Å²) in [5.41, 5.74) is 0.969. The van der Waals surface area contributed by atoms with E-state index in [0.29, 0.717) is 17.1 Å². The lowest BCUT2D eigenvalue weighted by Gasteiger charge is -1.99. The van der Waals surface area contributed by atoms with Crippen molar-refractivity contribution in [3.8, 4) is 5.75 Å². The number of carboxylic acid groups (broad SMARTS) is 1. The van der Waals surface area contributed by atoms with E-state index in [-0.39, 0.29) is 11.3 Å². The van der Waals surface area contributed by atoms with Crippen molar-refractivity contribution in [2.45, 2.75) is 0 Å². The van der Waals surface area contributed by atoms with Crippen molar-refractivity contribution in [2.24, 2.45) is 10.2 Å². The van der Waals surface area contributed by atoms with Crippen LogP contribution in [0.15, 0.2) is 52.7 Å². The first-order chi connectivity index (χ1) is 9.60. The van der Waals surface area contributed by atoms with E-state index in [1.165, 1.54) is 18.2 Å². The van der Waals surface area contributed by atoms with Crippen LogP contribution in [0.2, 0.25) is 0 Å². The van der Waals surface area contributed by atoms with Crippen LogP contribution in [-0.2, 0) is 0 Å². The van der Waals surface area contributed by atoms with Crippen molar-refractivity contribution in [1.29, 1.82) is 5.39 Å². The van der Waals surface area contributed by atoms with E-state index in [0.717, 1.165) is 0 Å². The van der Waals surface area contributed by atoms with Crippen LogP contribution in [0, 0.1) is 5.39 Å². The SMILES string of the molecule is N#[N+]c1ccc(N=Nc2ccc(O)c(C(=O)O)c2)cc1. The molecule has 0 bridgehead atoms. The van der Waals surface area contributed by atoms with E-state index in [2.05, 4.69) is 15.2 Å². The lowest BCUT2D eigenvalue weighted by atomic mass is 10.2. The molecule has 0 fully saturated rings. The molecular formula is C13H9N4O3+. The molecule has 0 aliphatic carbocycles. The summed E-state index contributed by atoms with van der Waals surface area (Å²) in [6, 6.07) is 10.2. The van der Waals surface area contributed by atoms with Crippen LogP contribution in [0.25, 0.3) is 4.98 Å². The largest absolute Gasteiger partial charge is 0.507 e. The zero-order chi connectivity index (χ0) is 14.5. The monoisotopic (exact) mass is 269 g/mol. The van der Waals surface area contributed by atoms with Crippen LogP contribution in [0.3, 0.4) is 0 Å². The summed E-state index contributed by atoms with van der Waals surface area (Å²) in [4.78, 5) is 13.9. The molecule has 2 N–H and O–H groups in total. The summed E-state index contributed by atoms with van der Waals surface area (Å²) >= 11 is 0. The second-order valence-corrected chi connectivity index (χ2v) is 3.82. The van der Waals surface area contributed by atoms with E-state index in [4.69, 9.17) is 10.5 Å². The Hall–Kier alpha value is -3.27. The first kappa shape index (κ1) is 13.2. The van der Waals surface area contributed by atoms with Gasteiger partial charge in [0.05, 0.1) is 11.4 Å². The minimum Gasteiger partial charge on any atom is -0.507 e. The summed E-state index contributed by atoms with van der Waals surface area (Å²) in [6.07, 6.45) is 0. The zero-order valence-electron chi connectivity index (χ0n) is 10.1. The maximum Gasteiger partial charge on any atom is 0.385 e. The summed E-state index contributed by atoms with van der Waals surface area (Å²) < 4.78 is 0. The van der Waals surface area contributed by atoms with Crippen LogP contribution >= 0.6 is 0 Å². The molecule has 0 amide bonds. The Morgan fingerprint density at radius 3 is 2.25 bits per heavy atom. The topological polar surface area (TPSA) is 110 Å². The molecule has 0 saturated carbocycles. The number of aromatic carboxylic acids is 1. The average Bonchev–Trinajstić information content (AvgIpc) is 2.46. The molecular weight excluding hydrogens is 260 g/mol. The van der Waals surface area contributed by atoms with Gasteiger partial charge in [-0.25, -0.2) is 4.79 Å². The minimum absolute atomic E-state index is 0.240. The summed E-state index contributed by atoms with van der Waals surface area (Å²) in [6.45, 7) is 0. The fraction of sp³-hybridized carbons (Fsp3) is 0. The van der Waals surface area contributed by atoms with Gasteiger partial charge in [0.25, 0.3) is 0 Å². The first-order valence-corrected chi connectivity index (χ1v) is 5.53. The molecule has 0 saturated heterocycles. The smallest absolute Gasteiger partial charge is 0.385 e. The number of hydrogen-bond acceptors (Lipinski definition) is 5. The lowest BCUT2D eigenvalue weighted by molar-refractivity contribution is 0.0694. The Kier molecular flexibility index (Phi) is 3.67. The highest BCUT2D eigenvalue weighted by molar-refractivity contribution is 5.91. The Morgan fingerprint density at radius 2 is 1.65 bits per heavy atom. The molecule has 98 valence electrons. The predicted octanol–water partition coefficient (Wildman–Crippen LogP) is 3.99. The third-order valence-corrected chi connectivity index (χ3v) is 2.46. The van der Waals surface area contributed by atoms with Crippen LogP contribution in [0.5, 0.6) is 5.75 Å². The molecule has 0 atom stereocenters. The third kappa shape index (κ3) is 2.94. The van der Waals surface area contributed by atoms with Gasteiger partial charge in [-0.1, -0.05) is 0 Å². The van der Waals surface area contributed by atoms with E-state index < -0.39 is 5.97 Å². The minimum atomic E-state index is -1.24. The Bertz CT molecular complexity index is 717. The number of azo groups is 1. The highest BCUT2D eigenvalue weighted by Gasteiger charge is 2.09. The van der Waals surface area contributed by atoms with Crippen molar-refractivity contribution in [1.82, 2.24) is 0 Å². The quantitative estimate of drug-likeness (QED) is 0.648. The van der Waals surface area contributed by atoms with Crippen LogP contribution in [0.1, 0.15) is 10.4 Å². The molecule has 2 aromatic rings. The van der Waals surface area contributed by atoms with Crippen LogP contribution < -0.4 is 0 Å². The molecule has 20 heavy (non-hydrogen) atoms. The molecule has 0 unspecified atom stereocenters. The number of phenols is 1. The summed E-state index contributed by atoms with van der Waals surface area (Å²) in [7, 11) is 0. The number of carbonyl (C=O) groups is 1. The Labute approximate surface area is 113 Å². The van der Waals surface area contributed by atoms with Gasteiger partial charge in [0, 0.05) is 12.1 Å². The van der Waals surface area contributed by atoms with Crippen LogP contribution in [-0.4, -0.2) is 16.2 Å². The van der Waals surface area contributed by atoms with Gasteiger partial charge in [-0.2, -0.15) is 10.2 Å². The fourth-order valence-electron chi connectivity index (χ4n) is 1.46. The van der Waals surface area contributed by atoms with E-state index in [9.17, 15) is 9.90 Å². The van der Waals surface area contributed by atoms with Gasteiger partial charge in [-0.15, -0.1) is 0 Å². The Balaban J connectivity index is 2.25. The van der Waals surface area contributed by atoms with Crippen molar-refractivity contribution in [2.75, 3.05) is 0 Å². The number of aromatic hydroxyl groups is 1. The number of nitrogens with zero attached hydrogens (tertiary/aromatic N) is 4. The highest BCUT2D eigenvalue weighted by Crippen LogP contribution is 2.25. The van der Waals surface area contributed by atoms with Crippen molar-refractivity contribution in [3.63, 3.8) is 0 Å². The molecule has 2 aromatic carbocycles. The number of benzene rings is 2. The Morgan fingerprint density at radius 1 is 1.05 bits per heavy atom. The third-order valence-electron chi connectivity index (χ3n) is 2.46. The van der Waals surface area contributed by atoms with Crippen molar-refractivity contribution >= 4 is 23.0 Å². The predicted molar refractivity (Wildman–Crippen MR) is 70.4 cm³/mol. The molecule has 7 heteroatoms. The number of diazo groups is 1.